The topological polar surface area (TPSA) is 8.17 Å². The Hall–Kier alpha value is -8.20. The van der Waals surface area contributed by atoms with Gasteiger partial charge in [-0.25, -0.2) is 0 Å². The maximum absolute atomic E-state index is 2.40. The highest BCUT2D eigenvalue weighted by atomic mass is 15.1. The van der Waals surface area contributed by atoms with Gasteiger partial charge in [-0.15, -0.1) is 0 Å². The minimum atomic E-state index is 1.09. The summed E-state index contributed by atoms with van der Waals surface area (Å²) in [7, 11) is 0. The molecule has 1 heterocycles. The van der Waals surface area contributed by atoms with Gasteiger partial charge in [0, 0.05) is 33.5 Å². The molecule has 62 heavy (non-hydrogen) atoms. The number of rotatable bonds is 7. The second kappa shape index (κ2) is 14.8. The molecule has 0 saturated carbocycles. The van der Waals surface area contributed by atoms with Crippen molar-refractivity contribution in [3.05, 3.63) is 243 Å². The Kier molecular flexibility index (Phi) is 8.53. The number of aromatic nitrogens is 1. The average Bonchev–Trinajstić information content (AvgIpc) is 3.69. The molecule has 0 atom stereocenters. The highest BCUT2D eigenvalue weighted by Gasteiger charge is 2.19. The van der Waals surface area contributed by atoms with E-state index in [1.165, 1.54) is 87.5 Å². The van der Waals surface area contributed by atoms with Gasteiger partial charge < -0.3 is 9.47 Å². The van der Waals surface area contributed by atoms with Crippen LogP contribution in [0.3, 0.4) is 0 Å². The van der Waals surface area contributed by atoms with Crippen LogP contribution >= 0.6 is 0 Å². The lowest BCUT2D eigenvalue weighted by molar-refractivity contribution is 1.18. The summed E-state index contributed by atoms with van der Waals surface area (Å²) in [4.78, 5) is 2.40. The molecule has 2 nitrogen and oxygen atoms in total. The van der Waals surface area contributed by atoms with Crippen LogP contribution in [-0.2, 0) is 0 Å². The van der Waals surface area contributed by atoms with Crippen LogP contribution in [-0.4, -0.2) is 4.57 Å². The van der Waals surface area contributed by atoms with Gasteiger partial charge in [0.15, 0.2) is 0 Å². The molecule has 0 unspecified atom stereocenters. The van der Waals surface area contributed by atoms with Crippen molar-refractivity contribution < 1.29 is 0 Å². The third kappa shape index (κ3) is 6.04. The third-order valence-electron chi connectivity index (χ3n) is 12.5. The van der Waals surface area contributed by atoms with E-state index in [4.69, 9.17) is 0 Å². The van der Waals surface area contributed by atoms with Gasteiger partial charge in [-0.2, -0.15) is 0 Å². The second-order valence-corrected chi connectivity index (χ2v) is 16.1. The average molecular weight is 789 g/mol. The van der Waals surface area contributed by atoms with E-state index < -0.39 is 0 Å². The quantitative estimate of drug-likeness (QED) is 0.146. The maximum Gasteiger partial charge on any atom is 0.0547 e. The van der Waals surface area contributed by atoms with Crippen LogP contribution in [0.25, 0.3) is 93.2 Å². The molecule has 0 saturated heterocycles. The predicted octanol–water partition coefficient (Wildman–Crippen LogP) is 16.7. The van der Waals surface area contributed by atoms with Crippen molar-refractivity contribution in [1.82, 2.24) is 4.57 Å². The Morgan fingerprint density at radius 1 is 0.274 bits per heavy atom. The fourth-order valence-electron chi connectivity index (χ4n) is 9.65. The Morgan fingerprint density at radius 2 is 0.855 bits per heavy atom. The smallest absolute Gasteiger partial charge is 0.0547 e. The molecule has 12 aromatic rings. The van der Waals surface area contributed by atoms with Crippen LogP contribution in [0, 0.1) is 0 Å². The van der Waals surface area contributed by atoms with Gasteiger partial charge in [-0.1, -0.05) is 176 Å². The number of fused-ring (bicyclic) bond motifs is 7. The molecular weight excluding hydrogens is 749 g/mol. The number of nitrogens with zero attached hydrogens (tertiary/aromatic N) is 2. The van der Waals surface area contributed by atoms with E-state index in [1.54, 1.807) is 0 Å². The first-order valence-electron chi connectivity index (χ1n) is 21.3. The van der Waals surface area contributed by atoms with E-state index >= 15 is 0 Å². The summed E-state index contributed by atoms with van der Waals surface area (Å²) in [6, 6.07) is 88.5. The van der Waals surface area contributed by atoms with Gasteiger partial charge >= 0.3 is 0 Å². The van der Waals surface area contributed by atoms with Crippen LogP contribution < -0.4 is 4.90 Å². The van der Waals surface area contributed by atoms with Gasteiger partial charge in [0.1, 0.15) is 0 Å². The van der Waals surface area contributed by atoms with Crippen molar-refractivity contribution in [2.24, 2.45) is 0 Å². The van der Waals surface area contributed by atoms with E-state index in [2.05, 4.69) is 252 Å². The fourth-order valence-corrected chi connectivity index (χ4v) is 9.65. The third-order valence-corrected chi connectivity index (χ3v) is 12.5. The summed E-state index contributed by atoms with van der Waals surface area (Å²) >= 11 is 0. The number of anilines is 3. The van der Waals surface area contributed by atoms with E-state index in [0.29, 0.717) is 0 Å². The van der Waals surface area contributed by atoms with Crippen molar-refractivity contribution in [3.63, 3.8) is 0 Å². The largest absolute Gasteiger partial charge is 0.310 e. The van der Waals surface area contributed by atoms with Crippen molar-refractivity contribution in [2.45, 2.75) is 0 Å². The SMILES string of the molecule is c1ccc(-n2c3ccccc3c3c(-c4cccc(N(c5ccc(-c6cccc7c6ccc6ccccc67)cc5)c5cccc(-c6ccc7ccccc7c6)c5)c4)cccc32)cc1. The molecule has 0 aliphatic rings. The van der Waals surface area contributed by atoms with Crippen LogP contribution in [0.15, 0.2) is 243 Å². The summed E-state index contributed by atoms with van der Waals surface area (Å²) in [6.07, 6.45) is 0. The Labute approximate surface area is 360 Å². The predicted molar refractivity (Wildman–Crippen MR) is 264 cm³/mol. The Morgan fingerprint density at radius 3 is 1.69 bits per heavy atom. The molecule has 11 aromatic carbocycles. The van der Waals surface area contributed by atoms with Gasteiger partial charge in [-0.3, -0.25) is 0 Å². The molecule has 0 N–H and O–H groups in total. The maximum atomic E-state index is 2.40. The lowest BCUT2D eigenvalue weighted by Crippen LogP contribution is -2.10. The molecule has 0 spiro atoms. The zero-order chi connectivity index (χ0) is 41.0. The van der Waals surface area contributed by atoms with Gasteiger partial charge in [-0.05, 0) is 132 Å². The summed E-state index contributed by atoms with van der Waals surface area (Å²) in [5.41, 5.74) is 14.0. The van der Waals surface area contributed by atoms with E-state index in [-0.39, 0.29) is 0 Å². The summed E-state index contributed by atoms with van der Waals surface area (Å²) < 4.78 is 2.39. The van der Waals surface area contributed by atoms with Gasteiger partial charge in [0.05, 0.1) is 11.0 Å². The molecule has 1 aromatic heterocycles. The Bertz CT molecular complexity index is 3640. The lowest BCUT2D eigenvalue weighted by atomic mass is 9.94. The van der Waals surface area contributed by atoms with Crippen molar-refractivity contribution in [2.75, 3.05) is 4.90 Å². The number of hydrogen-bond donors (Lipinski definition) is 0. The molecule has 290 valence electrons. The van der Waals surface area contributed by atoms with Crippen LogP contribution in [0.4, 0.5) is 17.1 Å². The highest BCUT2D eigenvalue weighted by Crippen LogP contribution is 2.43. The zero-order valence-electron chi connectivity index (χ0n) is 34.0. The molecule has 0 amide bonds. The van der Waals surface area contributed by atoms with Crippen LogP contribution in [0.2, 0.25) is 0 Å². The first kappa shape index (κ1) is 35.7. The van der Waals surface area contributed by atoms with Gasteiger partial charge in [0.2, 0.25) is 0 Å². The van der Waals surface area contributed by atoms with Crippen molar-refractivity contribution in [3.8, 4) is 39.1 Å². The molecule has 0 radical (unpaired) electrons. The first-order valence-corrected chi connectivity index (χ1v) is 21.3. The molecule has 12 rings (SSSR count). The van der Waals surface area contributed by atoms with Crippen LogP contribution in [0.1, 0.15) is 0 Å². The minimum Gasteiger partial charge on any atom is -0.310 e. The van der Waals surface area contributed by atoms with Crippen molar-refractivity contribution in [1.29, 1.82) is 0 Å². The van der Waals surface area contributed by atoms with E-state index in [9.17, 15) is 0 Å². The number of benzene rings is 11. The monoisotopic (exact) mass is 788 g/mol. The fraction of sp³-hybridized carbons (Fsp3) is 0. The zero-order valence-corrected chi connectivity index (χ0v) is 34.0. The summed E-state index contributed by atoms with van der Waals surface area (Å²) in [6.45, 7) is 0. The molecule has 0 bridgehead atoms. The van der Waals surface area contributed by atoms with E-state index in [0.717, 1.165) is 22.7 Å². The Balaban J connectivity index is 1.02. The second-order valence-electron chi connectivity index (χ2n) is 16.1. The first-order chi connectivity index (χ1) is 30.7. The molecule has 2 heteroatoms. The normalized spacial score (nSPS) is 11.5. The lowest BCUT2D eigenvalue weighted by Gasteiger charge is -2.27. The number of hydrogen-bond acceptors (Lipinski definition) is 1. The molecule has 0 fully saturated rings. The summed E-state index contributed by atoms with van der Waals surface area (Å²) in [5, 5.41) is 10.0. The minimum absolute atomic E-state index is 1.09. The van der Waals surface area contributed by atoms with Crippen LogP contribution in [0.5, 0.6) is 0 Å². The molecule has 0 aliphatic carbocycles. The summed E-state index contributed by atoms with van der Waals surface area (Å²) in [5.74, 6) is 0. The van der Waals surface area contributed by atoms with Crippen molar-refractivity contribution >= 4 is 71.2 Å². The van der Waals surface area contributed by atoms with E-state index in [1.807, 2.05) is 0 Å². The standard InChI is InChI=1S/C60H40N2/c1-2-19-48(20-3-1)62-58-28-9-8-24-57(58)60-54(26-13-29-59(60)62)47-18-11-22-51(40-47)61(50-21-10-17-45(39-50)46-31-30-41-14-4-5-16-44(41)38-46)49-35-32-43(33-36-49)53-25-12-27-55-52-23-7-6-15-42(52)34-37-56(53)55/h1-40H. The molecule has 0 aliphatic heterocycles. The molecular formula is C60H40N2. The van der Waals surface area contributed by atoms with Gasteiger partial charge in [0.25, 0.3) is 0 Å². The highest BCUT2D eigenvalue weighted by molar-refractivity contribution is 6.16. The number of para-hydroxylation sites is 2.